The Morgan fingerprint density at radius 3 is 2.76 bits per heavy atom. The highest BCUT2D eigenvalue weighted by Gasteiger charge is 2.02. The maximum absolute atomic E-state index is 11.7. The Morgan fingerprint density at radius 2 is 2.00 bits per heavy atom. The number of anilines is 1. The van der Waals surface area contributed by atoms with Crippen LogP contribution < -0.4 is 10.1 Å². The summed E-state index contributed by atoms with van der Waals surface area (Å²) in [6, 6.07) is 9.00. The molecular formula is C16H15N3O2. The third kappa shape index (κ3) is 4.91. The molecule has 0 radical (unpaired) electrons. The van der Waals surface area contributed by atoms with E-state index in [4.69, 9.17) is 4.74 Å². The van der Waals surface area contributed by atoms with Crippen molar-refractivity contribution < 1.29 is 9.53 Å². The van der Waals surface area contributed by atoms with E-state index in [9.17, 15) is 4.79 Å². The van der Waals surface area contributed by atoms with E-state index in [0.29, 0.717) is 11.4 Å². The van der Waals surface area contributed by atoms with E-state index >= 15 is 0 Å². The van der Waals surface area contributed by atoms with Gasteiger partial charge in [0.2, 0.25) is 5.91 Å². The molecule has 0 atom stereocenters. The van der Waals surface area contributed by atoms with E-state index in [2.05, 4.69) is 15.3 Å². The molecule has 5 heteroatoms. The van der Waals surface area contributed by atoms with Crippen LogP contribution in [0.1, 0.15) is 6.92 Å². The van der Waals surface area contributed by atoms with Crippen molar-refractivity contribution in [3.05, 3.63) is 67.0 Å². The summed E-state index contributed by atoms with van der Waals surface area (Å²) in [6.07, 6.45) is 9.95. The molecule has 1 aromatic heterocycles. The number of carbonyl (C=O) groups is 1. The number of hydrogen-bond acceptors (Lipinski definition) is 4. The summed E-state index contributed by atoms with van der Waals surface area (Å²) in [7, 11) is 0. The van der Waals surface area contributed by atoms with Crippen molar-refractivity contribution in [1.29, 1.82) is 0 Å². The Balaban J connectivity index is 2.02. The van der Waals surface area contributed by atoms with Crippen LogP contribution in [0, 0.1) is 0 Å². The number of nitrogens with one attached hydrogen (secondary N) is 1. The molecule has 1 aromatic carbocycles. The number of amides is 1. The number of ether oxygens (including phenoxy) is 1. The van der Waals surface area contributed by atoms with Crippen LogP contribution in [-0.2, 0) is 4.79 Å². The standard InChI is InChI=1S/C16H15N3O2/c1-2-3-4-9-15(20)19-13-7-5-8-14(12-13)21-16-17-10-6-11-18-16/h2-12H,1H3,(H,19,20). The molecule has 0 bridgehead atoms. The van der Waals surface area contributed by atoms with Crippen LogP contribution in [0.15, 0.2) is 67.0 Å². The summed E-state index contributed by atoms with van der Waals surface area (Å²) >= 11 is 0. The van der Waals surface area contributed by atoms with Gasteiger partial charge in [0.05, 0.1) is 0 Å². The molecule has 2 rings (SSSR count). The van der Waals surface area contributed by atoms with Gasteiger partial charge in [-0.15, -0.1) is 0 Å². The van der Waals surface area contributed by atoms with Crippen molar-refractivity contribution in [2.45, 2.75) is 6.92 Å². The molecule has 21 heavy (non-hydrogen) atoms. The maximum atomic E-state index is 11.7. The molecule has 0 aliphatic heterocycles. The average Bonchev–Trinajstić information content (AvgIpc) is 2.49. The van der Waals surface area contributed by atoms with Gasteiger partial charge in [0, 0.05) is 30.2 Å². The normalized spacial score (nSPS) is 10.9. The van der Waals surface area contributed by atoms with Crippen molar-refractivity contribution in [3.8, 4) is 11.8 Å². The molecule has 0 spiro atoms. The van der Waals surface area contributed by atoms with Crippen molar-refractivity contribution in [3.63, 3.8) is 0 Å². The van der Waals surface area contributed by atoms with Gasteiger partial charge in [-0.2, -0.15) is 0 Å². The molecule has 0 saturated heterocycles. The highest BCUT2D eigenvalue weighted by molar-refractivity contribution is 5.99. The summed E-state index contributed by atoms with van der Waals surface area (Å²) < 4.78 is 5.50. The summed E-state index contributed by atoms with van der Waals surface area (Å²) in [5, 5.41) is 2.75. The number of carbonyl (C=O) groups excluding carboxylic acids is 1. The van der Waals surface area contributed by atoms with Crippen LogP contribution in [0.25, 0.3) is 0 Å². The number of hydrogen-bond donors (Lipinski definition) is 1. The summed E-state index contributed by atoms with van der Waals surface area (Å²) in [5.74, 6) is 0.345. The van der Waals surface area contributed by atoms with Gasteiger partial charge in [-0.1, -0.05) is 24.3 Å². The fourth-order valence-electron chi connectivity index (χ4n) is 1.52. The number of aromatic nitrogens is 2. The zero-order chi connectivity index (χ0) is 14.9. The molecule has 0 aliphatic carbocycles. The molecule has 0 unspecified atom stereocenters. The van der Waals surface area contributed by atoms with E-state index in [1.54, 1.807) is 54.9 Å². The second-order valence-electron chi connectivity index (χ2n) is 4.04. The fourth-order valence-corrected chi connectivity index (χ4v) is 1.52. The third-order valence-electron chi connectivity index (χ3n) is 2.40. The number of rotatable bonds is 5. The lowest BCUT2D eigenvalue weighted by Crippen LogP contribution is -2.07. The van der Waals surface area contributed by atoms with Gasteiger partial charge in [-0.05, 0) is 25.1 Å². The predicted octanol–water partition coefficient (Wildman–Crippen LogP) is 3.34. The highest BCUT2D eigenvalue weighted by atomic mass is 16.5. The van der Waals surface area contributed by atoms with Gasteiger partial charge in [-0.3, -0.25) is 4.79 Å². The Morgan fingerprint density at radius 1 is 1.19 bits per heavy atom. The number of nitrogens with zero attached hydrogens (tertiary/aromatic N) is 2. The van der Waals surface area contributed by atoms with Gasteiger partial charge in [0.25, 0.3) is 0 Å². The van der Waals surface area contributed by atoms with E-state index in [-0.39, 0.29) is 11.9 Å². The zero-order valence-electron chi connectivity index (χ0n) is 11.6. The molecule has 5 nitrogen and oxygen atoms in total. The fraction of sp³-hybridized carbons (Fsp3) is 0.0625. The molecule has 0 saturated carbocycles. The first-order valence-electron chi connectivity index (χ1n) is 6.43. The van der Waals surface area contributed by atoms with Gasteiger partial charge in [0.15, 0.2) is 0 Å². The zero-order valence-corrected chi connectivity index (χ0v) is 11.6. The molecule has 0 aliphatic rings. The lowest BCUT2D eigenvalue weighted by atomic mass is 10.3. The predicted molar refractivity (Wildman–Crippen MR) is 81.1 cm³/mol. The van der Waals surface area contributed by atoms with Gasteiger partial charge in [-0.25, -0.2) is 9.97 Å². The first-order chi connectivity index (χ1) is 10.3. The molecule has 106 valence electrons. The van der Waals surface area contributed by atoms with Crippen LogP contribution in [0.4, 0.5) is 5.69 Å². The second-order valence-corrected chi connectivity index (χ2v) is 4.04. The molecular weight excluding hydrogens is 266 g/mol. The molecule has 1 heterocycles. The minimum Gasteiger partial charge on any atom is -0.424 e. The maximum Gasteiger partial charge on any atom is 0.321 e. The first kappa shape index (κ1) is 14.5. The van der Waals surface area contributed by atoms with Crippen molar-refractivity contribution >= 4 is 11.6 Å². The lowest BCUT2D eigenvalue weighted by Gasteiger charge is -2.06. The second kappa shape index (κ2) is 7.59. The summed E-state index contributed by atoms with van der Waals surface area (Å²) in [5.41, 5.74) is 0.638. The SMILES string of the molecule is CC=CC=CC(=O)Nc1cccc(Oc2ncccn2)c1. The Kier molecular flexibility index (Phi) is 5.23. The monoisotopic (exact) mass is 281 g/mol. The molecule has 1 amide bonds. The summed E-state index contributed by atoms with van der Waals surface area (Å²) in [4.78, 5) is 19.6. The number of benzene rings is 1. The van der Waals surface area contributed by atoms with Gasteiger partial charge < -0.3 is 10.1 Å². The van der Waals surface area contributed by atoms with Gasteiger partial charge >= 0.3 is 6.01 Å². The molecule has 1 N–H and O–H groups in total. The highest BCUT2D eigenvalue weighted by Crippen LogP contribution is 2.21. The van der Waals surface area contributed by atoms with E-state index in [1.807, 2.05) is 13.0 Å². The minimum atomic E-state index is -0.207. The van der Waals surface area contributed by atoms with Crippen LogP contribution in [-0.4, -0.2) is 15.9 Å². The van der Waals surface area contributed by atoms with Gasteiger partial charge in [0.1, 0.15) is 5.75 Å². The number of allylic oxidation sites excluding steroid dienone is 3. The van der Waals surface area contributed by atoms with Crippen molar-refractivity contribution in [2.24, 2.45) is 0 Å². The average molecular weight is 281 g/mol. The minimum absolute atomic E-state index is 0.207. The third-order valence-corrected chi connectivity index (χ3v) is 2.40. The van der Waals surface area contributed by atoms with E-state index in [0.717, 1.165) is 0 Å². The molecule has 2 aromatic rings. The van der Waals surface area contributed by atoms with Crippen LogP contribution in [0.3, 0.4) is 0 Å². The Labute approximate surface area is 123 Å². The van der Waals surface area contributed by atoms with Crippen LogP contribution in [0.5, 0.6) is 11.8 Å². The first-order valence-corrected chi connectivity index (χ1v) is 6.43. The lowest BCUT2D eigenvalue weighted by molar-refractivity contribution is -0.111. The van der Waals surface area contributed by atoms with E-state index < -0.39 is 0 Å². The van der Waals surface area contributed by atoms with Crippen LogP contribution >= 0.6 is 0 Å². The van der Waals surface area contributed by atoms with Crippen LogP contribution in [0.2, 0.25) is 0 Å². The van der Waals surface area contributed by atoms with Crippen molar-refractivity contribution in [1.82, 2.24) is 9.97 Å². The largest absolute Gasteiger partial charge is 0.424 e. The van der Waals surface area contributed by atoms with Crippen molar-refractivity contribution in [2.75, 3.05) is 5.32 Å². The Hall–Kier alpha value is -2.95. The smallest absolute Gasteiger partial charge is 0.321 e. The quantitative estimate of drug-likeness (QED) is 0.674. The summed E-state index contributed by atoms with van der Waals surface area (Å²) in [6.45, 7) is 1.88. The topological polar surface area (TPSA) is 64.1 Å². The van der Waals surface area contributed by atoms with E-state index in [1.165, 1.54) is 6.08 Å². The Bertz CT molecular complexity index is 652. The molecule has 0 fully saturated rings.